The van der Waals surface area contributed by atoms with E-state index < -0.39 is 10.0 Å². The third kappa shape index (κ3) is 4.03. The predicted octanol–water partition coefficient (Wildman–Crippen LogP) is 3.55. The lowest BCUT2D eigenvalue weighted by atomic mass is 10.1. The topological polar surface area (TPSA) is 40.6 Å². The molecule has 134 valence electrons. The summed E-state index contributed by atoms with van der Waals surface area (Å²) in [4.78, 5) is 2.43. The van der Waals surface area contributed by atoms with Crippen molar-refractivity contribution in [2.24, 2.45) is 0 Å². The Labute approximate surface area is 152 Å². The third-order valence-electron chi connectivity index (χ3n) is 4.61. The summed E-state index contributed by atoms with van der Waals surface area (Å²) in [5, 5.41) is 0.407. The van der Waals surface area contributed by atoms with Gasteiger partial charge < -0.3 is 0 Å². The van der Waals surface area contributed by atoms with Crippen LogP contribution >= 0.6 is 11.6 Å². The van der Waals surface area contributed by atoms with E-state index in [0.29, 0.717) is 31.2 Å². The SMILES string of the molecule is C[C@@H](c1ccc(F)cc1)N1CCN(S(=O)(=O)c2cccc(Cl)c2)CC1. The van der Waals surface area contributed by atoms with Crippen molar-refractivity contribution in [2.45, 2.75) is 17.9 Å². The van der Waals surface area contributed by atoms with Crippen molar-refractivity contribution in [1.82, 2.24) is 9.21 Å². The number of benzene rings is 2. The van der Waals surface area contributed by atoms with Crippen LogP contribution in [0.2, 0.25) is 5.02 Å². The predicted molar refractivity (Wildman–Crippen MR) is 96.6 cm³/mol. The average Bonchev–Trinajstić information content (AvgIpc) is 2.62. The molecule has 3 rings (SSSR count). The molecule has 0 amide bonds. The van der Waals surface area contributed by atoms with Crippen LogP contribution in [0.1, 0.15) is 18.5 Å². The van der Waals surface area contributed by atoms with Crippen molar-refractivity contribution in [3.8, 4) is 0 Å². The van der Waals surface area contributed by atoms with E-state index in [4.69, 9.17) is 11.6 Å². The first kappa shape index (κ1) is 18.3. The fourth-order valence-corrected chi connectivity index (χ4v) is 4.78. The Morgan fingerprint density at radius 3 is 2.28 bits per heavy atom. The van der Waals surface area contributed by atoms with Crippen LogP contribution < -0.4 is 0 Å². The zero-order valence-corrected chi connectivity index (χ0v) is 15.5. The number of hydrogen-bond acceptors (Lipinski definition) is 3. The third-order valence-corrected chi connectivity index (χ3v) is 6.74. The van der Waals surface area contributed by atoms with E-state index in [1.54, 1.807) is 30.3 Å². The fraction of sp³-hybridized carbons (Fsp3) is 0.333. The van der Waals surface area contributed by atoms with Gasteiger partial charge in [0.05, 0.1) is 4.90 Å². The maximum Gasteiger partial charge on any atom is 0.243 e. The van der Waals surface area contributed by atoms with Gasteiger partial charge in [0.15, 0.2) is 0 Å². The van der Waals surface area contributed by atoms with Crippen LogP contribution in [-0.4, -0.2) is 43.8 Å². The molecule has 1 aliphatic rings. The van der Waals surface area contributed by atoms with Gasteiger partial charge in [-0.05, 0) is 42.8 Å². The number of nitrogens with zero attached hydrogens (tertiary/aromatic N) is 2. The van der Waals surface area contributed by atoms with Crippen molar-refractivity contribution in [2.75, 3.05) is 26.2 Å². The summed E-state index contributed by atoms with van der Waals surface area (Å²) < 4.78 is 40.0. The van der Waals surface area contributed by atoms with E-state index in [0.717, 1.165) is 5.56 Å². The summed E-state index contributed by atoms with van der Waals surface area (Å²) in [5.74, 6) is -0.256. The molecule has 4 nitrogen and oxygen atoms in total. The summed E-state index contributed by atoms with van der Waals surface area (Å²) in [7, 11) is -3.53. The Balaban J connectivity index is 1.68. The van der Waals surface area contributed by atoms with Gasteiger partial charge in [-0.25, -0.2) is 12.8 Å². The molecule has 25 heavy (non-hydrogen) atoms. The number of piperazine rings is 1. The summed E-state index contributed by atoms with van der Waals surface area (Å²) >= 11 is 5.92. The van der Waals surface area contributed by atoms with Gasteiger partial charge in [0, 0.05) is 37.2 Å². The Kier molecular flexibility index (Phi) is 5.43. The monoisotopic (exact) mass is 382 g/mol. The first-order chi connectivity index (χ1) is 11.9. The fourth-order valence-electron chi connectivity index (χ4n) is 3.06. The quantitative estimate of drug-likeness (QED) is 0.812. The van der Waals surface area contributed by atoms with Crippen LogP contribution in [0.5, 0.6) is 0 Å². The molecule has 0 unspecified atom stereocenters. The number of hydrogen-bond donors (Lipinski definition) is 0. The zero-order chi connectivity index (χ0) is 18.0. The van der Waals surface area contributed by atoms with Gasteiger partial charge in [-0.2, -0.15) is 4.31 Å². The van der Waals surface area contributed by atoms with Crippen LogP contribution in [0.4, 0.5) is 4.39 Å². The highest BCUT2D eigenvalue weighted by atomic mass is 35.5. The molecule has 0 saturated carbocycles. The van der Waals surface area contributed by atoms with E-state index in [2.05, 4.69) is 4.90 Å². The van der Waals surface area contributed by atoms with E-state index in [-0.39, 0.29) is 16.8 Å². The van der Waals surface area contributed by atoms with E-state index in [1.807, 2.05) is 6.92 Å². The van der Waals surface area contributed by atoms with Gasteiger partial charge >= 0.3 is 0 Å². The van der Waals surface area contributed by atoms with Gasteiger partial charge in [0.25, 0.3) is 0 Å². The molecule has 1 atom stereocenters. The number of sulfonamides is 1. The first-order valence-corrected chi connectivity index (χ1v) is 9.95. The molecule has 0 radical (unpaired) electrons. The van der Waals surface area contributed by atoms with Gasteiger partial charge in [0.1, 0.15) is 5.82 Å². The molecule has 0 aromatic heterocycles. The summed E-state index contributed by atoms with van der Waals surface area (Å²) in [6, 6.07) is 12.9. The van der Waals surface area contributed by atoms with Crippen molar-refractivity contribution < 1.29 is 12.8 Å². The molecule has 0 aliphatic carbocycles. The summed E-state index contributed by atoms with van der Waals surface area (Å²) in [5.41, 5.74) is 1.02. The highest BCUT2D eigenvalue weighted by Crippen LogP contribution is 2.25. The Morgan fingerprint density at radius 2 is 1.68 bits per heavy atom. The molecular weight excluding hydrogens is 363 g/mol. The first-order valence-electron chi connectivity index (χ1n) is 8.13. The zero-order valence-electron chi connectivity index (χ0n) is 13.9. The van der Waals surface area contributed by atoms with Crippen LogP contribution in [0.15, 0.2) is 53.4 Å². The molecule has 1 saturated heterocycles. The van der Waals surface area contributed by atoms with Crippen LogP contribution in [0.25, 0.3) is 0 Å². The second kappa shape index (κ2) is 7.41. The lowest BCUT2D eigenvalue weighted by Gasteiger charge is -2.37. The number of rotatable bonds is 4. The maximum atomic E-state index is 13.1. The lowest BCUT2D eigenvalue weighted by molar-refractivity contribution is 0.146. The van der Waals surface area contributed by atoms with Gasteiger partial charge in [-0.15, -0.1) is 0 Å². The standard InChI is InChI=1S/C18H20ClFN2O2S/c1-14(15-5-7-17(20)8-6-15)21-9-11-22(12-10-21)25(23,24)18-4-2-3-16(19)13-18/h2-8,13-14H,9-12H2,1H3/t14-/m0/s1. The van der Waals surface area contributed by atoms with Crippen molar-refractivity contribution in [1.29, 1.82) is 0 Å². The normalized spacial score (nSPS) is 18.2. The summed E-state index contributed by atoms with van der Waals surface area (Å²) in [6.07, 6.45) is 0. The molecular formula is C18H20ClFN2O2S. The van der Waals surface area contributed by atoms with Crippen LogP contribution in [-0.2, 0) is 10.0 Å². The molecule has 0 N–H and O–H groups in total. The highest BCUT2D eigenvalue weighted by molar-refractivity contribution is 7.89. The minimum absolute atomic E-state index is 0.108. The van der Waals surface area contributed by atoms with E-state index >= 15 is 0 Å². The Hall–Kier alpha value is -1.47. The summed E-state index contributed by atoms with van der Waals surface area (Å²) in [6.45, 7) is 4.13. The van der Waals surface area contributed by atoms with E-state index in [1.165, 1.54) is 22.5 Å². The van der Waals surface area contributed by atoms with Crippen molar-refractivity contribution in [3.05, 3.63) is 64.9 Å². The highest BCUT2D eigenvalue weighted by Gasteiger charge is 2.30. The van der Waals surface area contributed by atoms with Crippen molar-refractivity contribution >= 4 is 21.6 Å². The number of halogens is 2. The second-order valence-electron chi connectivity index (χ2n) is 6.12. The molecule has 2 aromatic carbocycles. The van der Waals surface area contributed by atoms with Crippen LogP contribution in [0.3, 0.4) is 0 Å². The smallest absolute Gasteiger partial charge is 0.243 e. The van der Waals surface area contributed by atoms with Gasteiger partial charge in [0.2, 0.25) is 10.0 Å². The minimum atomic E-state index is -3.53. The average molecular weight is 383 g/mol. The largest absolute Gasteiger partial charge is 0.294 e. The van der Waals surface area contributed by atoms with E-state index in [9.17, 15) is 12.8 Å². The molecule has 7 heteroatoms. The molecule has 2 aromatic rings. The lowest BCUT2D eigenvalue weighted by Crippen LogP contribution is -2.49. The molecule has 1 aliphatic heterocycles. The Morgan fingerprint density at radius 1 is 1.04 bits per heavy atom. The maximum absolute atomic E-state index is 13.1. The van der Waals surface area contributed by atoms with Crippen molar-refractivity contribution in [3.63, 3.8) is 0 Å². The molecule has 1 fully saturated rings. The van der Waals surface area contributed by atoms with Gasteiger partial charge in [-0.3, -0.25) is 4.90 Å². The minimum Gasteiger partial charge on any atom is -0.294 e. The molecule has 0 bridgehead atoms. The Bertz CT molecular complexity index is 834. The van der Waals surface area contributed by atoms with Crippen LogP contribution in [0, 0.1) is 5.82 Å². The second-order valence-corrected chi connectivity index (χ2v) is 8.50. The molecule has 0 spiro atoms. The van der Waals surface area contributed by atoms with Gasteiger partial charge in [-0.1, -0.05) is 29.8 Å². The molecule has 1 heterocycles.